The van der Waals surface area contributed by atoms with Gasteiger partial charge in [-0.25, -0.2) is 13.6 Å². The predicted molar refractivity (Wildman–Crippen MR) is 62.0 cm³/mol. The lowest BCUT2D eigenvalue weighted by Crippen LogP contribution is -2.12. The first-order valence-electron chi connectivity index (χ1n) is 4.60. The molecule has 88 valence electrons. The molecule has 2 aromatic carbocycles. The molecule has 0 heterocycles. The van der Waals surface area contributed by atoms with Crippen LogP contribution >= 0.6 is 0 Å². The molecule has 0 fully saturated rings. The lowest BCUT2D eigenvalue weighted by Gasteiger charge is -2.04. The van der Waals surface area contributed by atoms with E-state index in [4.69, 9.17) is 5.14 Å². The number of hydrogen-bond acceptors (Lipinski definition) is 4. The van der Waals surface area contributed by atoms with Crippen LogP contribution < -0.4 is 5.14 Å². The maximum absolute atomic E-state index is 11.3. The average Bonchev–Trinajstić information content (AvgIpc) is 2.26. The third-order valence-electron chi connectivity index (χ3n) is 2.36. The number of rotatable bonds is 2. The van der Waals surface area contributed by atoms with Crippen molar-refractivity contribution in [2.24, 2.45) is 5.14 Å². The van der Waals surface area contributed by atoms with Crippen molar-refractivity contribution in [1.29, 1.82) is 0 Å². The number of fused-ring (bicyclic) bond motifs is 1. The lowest BCUT2D eigenvalue weighted by molar-refractivity contribution is -0.383. The molecule has 0 saturated heterocycles. The number of nitro groups is 1. The average molecular weight is 252 g/mol. The minimum absolute atomic E-state index is 0.112. The summed E-state index contributed by atoms with van der Waals surface area (Å²) in [5, 5.41) is 16.4. The molecule has 0 radical (unpaired) electrons. The number of primary sulfonamides is 1. The first-order valence-corrected chi connectivity index (χ1v) is 6.15. The van der Waals surface area contributed by atoms with Crippen LogP contribution in [0.15, 0.2) is 41.3 Å². The number of sulfonamides is 1. The highest BCUT2D eigenvalue weighted by Gasteiger charge is 2.18. The Balaban J connectivity index is 2.95. The molecule has 2 N–H and O–H groups in total. The SMILES string of the molecule is NS(=O)(=O)c1ccc([N+](=O)[O-])c2ccccc12. The Bertz CT molecular complexity index is 709. The molecule has 2 rings (SSSR count). The van der Waals surface area contributed by atoms with Gasteiger partial charge >= 0.3 is 0 Å². The molecule has 2 aromatic rings. The van der Waals surface area contributed by atoms with Crippen molar-refractivity contribution >= 4 is 26.5 Å². The van der Waals surface area contributed by atoms with E-state index in [1.54, 1.807) is 12.1 Å². The summed E-state index contributed by atoms with van der Waals surface area (Å²) in [6.07, 6.45) is 0. The quantitative estimate of drug-likeness (QED) is 0.644. The van der Waals surface area contributed by atoms with Crippen LogP contribution in [-0.4, -0.2) is 13.3 Å². The fourth-order valence-corrected chi connectivity index (χ4v) is 2.41. The van der Waals surface area contributed by atoms with Crippen LogP contribution in [0.3, 0.4) is 0 Å². The smallest absolute Gasteiger partial charge is 0.258 e. The normalized spacial score (nSPS) is 11.6. The molecule has 17 heavy (non-hydrogen) atoms. The number of nitrogens with zero attached hydrogens (tertiary/aromatic N) is 1. The number of benzene rings is 2. The number of nitro benzene ring substituents is 1. The van der Waals surface area contributed by atoms with Gasteiger partial charge in [-0.2, -0.15) is 0 Å². The summed E-state index contributed by atoms with van der Waals surface area (Å²) >= 11 is 0. The first kappa shape index (κ1) is 11.5. The summed E-state index contributed by atoms with van der Waals surface area (Å²) in [4.78, 5) is 10.1. The molecule has 7 heteroatoms. The van der Waals surface area contributed by atoms with E-state index in [1.165, 1.54) is 12.1 Å². The van der Waals surface area contributed by atoms with Gasteiger partial charge in [0.2, 0.25) is 10.0 Å². The summed E-state index contributed by atoms with van der Waals surface area (Å²) in [5.41, 5.74) is -0.145. The second-order valence-corrected chi connectivity index (χ2v) is 4.96. The predicted octanol–water partition coefficient (Wildman–Crippen LogP) is 1.40. The van der Waals surface area contributed by atoms with Gasteiger partial charge in [0, 0.05) is 11.5 Å². The van der Waals surface area contributed by atoms with Crippen molar-refractivity contribution in [2.45, 2.75) is 4.90 Å². The zero-order valence-electron chi connectivity index (χ0n) is 8.53. The zero-order valence-corrected chi connectivity index (χ0v) is 9.35. The third-order valence-corrected chi connectivity index (χ3v) is 3.33. The Labute approximate surface area is 96.9 Å². The Morgan fingerprint density at radius 2 is 1.65 bits per heavy atom. The van der Waals surface area contributed by atoms with Crippen molar-refractivity contribution < 1.29 is 13.3 Å². The van der Waals surface area contributed by atoms with Crippen molar-refractivity contribution in [3.63, 3.8) is 0 Å². The number of nitrogens with two attached hydrogens (primary N) is 1. The van der Waals surface area contributed by atoms with Crippen molar-refractivity contribution in [1.82, 2.24) is 0 Å². The highest BCUT2D eigenvalue weighted by Crippen LogP contribution is 2.29. The molecule has 6 nitrogen and oxygen atoms in total. The summed E-state index contributed by atoms with van der Waals surface area (Å²) in [6.45, 7) is 0. The molecule has 0 atom stereocenters. The Morgan fingerprint density at radius 1 is 1.06 bits per heavy atom. The van der Waals surface area contributed by atoms with Gasteiger partial charge in [-0.05, 0) is 12.1 Å². The van der Waals surface area contributed by atoms with Gasteiger partial charge in [-0.3, -0.25) is 10.1 Å². The molecular weight excluding hydrogens is 244 g/mol. The Kier molecular flexibility index (Phi) is 2.56. The summed E-state index contributed by atoms with van der Waals surface area (Å²) in [7, 11) is -3.89. The number of non-ortho nitro benzene ring substituents is 1. The molecule has 0 spiro atoms. The first-order chi connectivity index (χ1) is 7.91. The third kappa shape index (κ3) is 1.97. The van der Waals surface area contributed by atoms with Gasteiger partial charge in [-0.15, -0.1) is 0 Å². The Hall–Kier alpha value is -1.99. The highest BCUT2D eigenvalue weighted by atomic mass is 32.2. The molecule has 0 aliphatic carbocycles. The van der Waals surface area contributed by atoms with Gasteiger partial charge in [0.15, 0.2) is 0 Å². The maximum atomic E-state index is 11.3. The van der Waals surface area contributed by atoms with Crippen LogP contribution in [0.5, 0.6) is 0 Å². The molecule has 0 aliphatic rings. The Morgan fingerprint density at radius 3 is 2.18 bits per heavy atom. The fraction of sp³-hybridized carbons (Fsp3) is 0. The van der Waals surface area contributed by atoms with E-state index in [0.29, 0.717) is 0 Å². The van der Waals surface area contributed by atoms with Crippen LogP contribution in [0.4, 0.5) is 5.69 Å². The summed E-state index contributed by atoms with van der Waals surface area (Å²) in [6, 6.07) is 8.46. The van der Waals surface area contributed by atoms with Crippen LogP contribution in [0.1, 0.15) is 0 Å². The van der Waals surface area contributed by atoms with E-state index in [9.17, 15) is 18.5 Å². The van der Waals surface area contributed by atoms with Gasteiger partial charge in [0.1, 0.15) is 0 Å². The molecule has 0 unspecified atom stereocenters. The van der Waals surface area contributed by atoms with Crippen LogP contribution in [-0.2, 0) is 10.0 Å². The van der Waals surface area contributed by atoms with Crippen LogP contribution in [0.2, 0.25) is 0 Å². The van der Waals surface area contributed by atoms with E-state index in [-0.39, 0.29) is 21.4 Å². The standard InChI is InChI=1S/C10H8N2O4S/c11-17(15,16)10-6-5-9(12(13)14)7-3-1-2-4-8(7)10/h1-6H,(H2,11,15,16). The summed E-state index contributed by atoms with van der Waals surface area (Å²) in [5.74, 6) is 0. The summed E-state index contributed by atoms with van der Waals surface area (Å²) < 4.78 is 22.7. The minimum Gasteiger partial charge on any atom is -0.258 e. The van der Waals surface area contributed by atoms with Crippen LogP contribution in [0.25, 0.3) is 10.8 Å². The second-order valence-electron chi connectivity index (χ2n) is 3.43. The van der Waals surface area contributed by atoms with E-state index >= 15 is 0 Å². The molecule has 0 aromatic heterocycles. The van der Waals surface area contributed by atoms with E-state index < -0.39 is 14.9 Å². The van der Waals surface area contributed by atoms with E-state index in [1.807, 2.05) is 0 Å². The maximum Gasteiger partial charge on any atom is 0.277 e. The van der Waals surface area contributed by atoms with Crippen molar-refractivity contribution in [3.05, 3.63) is 46.5 Å². The van der Waals surface area contributed by atoms with Crippen molar-refractivity contribution in [2.75, 3.05) is 0 Å². The highest BCUT2D eigenvalue weighted by molar-refractivity contribution is 7.89. The van der Waals surface area contributed by atoms with Gasteiger partial charge in [0.05, 0.1) is 15.2 Å². The zero-order chi connectivity index (χ0) is 12.6. The molecule has 0 saturated carbocycles. The molecule has 0 aliphatic heterocycles. The lowest BCUT2D eigenvalue weighted by atomic mass is 10.1. The van der Waals surface area contributed by atoms with Gasteiger partial charge in [-0.1, -0.05) is 18.2 Å². The second kappa shape index (κ2) is 3.79. The van der Waals surface area contributed by atoms with Crippen LogP contribution in [0, 0.1) is 10.1 Å². The molecular formula is C10H8N2O4S. The van der Waals surface area contributed by atoms with Crippen molar-refractivity contribution in [3.8, 4) is 0 Å². The van der Waals surface area contributed by atoms with Gasteiger partial charge < -0.3 is 0 Å². The fourth-order valence-electron chi connectivity index (χ4n) is 1.66. The van der Waals surface area contributed by atoms with E-state index in [0.717, 1.165) is 12.1 Å². The minimum atomic E-state index is -3.89. The van der Waals surface area contributed by atoms with E-state index in [2.05, 4.69) is 0 Å². The van der Waals surface area contributed by atoms with Gasteiger partial charge in [0.25, 0.3) is 5.69 Å². The molecule has 0 amide bonds. The number of hydrogen-bond donors (Lipinski definition) is 1. The monoisotopic (exact) mass is 252 g/mol. The topological polar surface area (TPSA) is 103 Å². The largest absolute Gasteiger partial charge is 0.277 e. The molecule has 0 bridgehead atoms.